The maximum atomic E-state index is 6.35. The second kappa shape index (κ2) is 17.1. The summed E-state index contributed by atoms with van der Waals surface area (Å²) < 4.78 is 0. The SMILES string of the molecule is CC[CH2][Ge][CH2]CC.[NH-]CC[S-]. The molecule has 2 radical (unpaired) electrons. The van der Waals surface area contributed by atoms with E-state index in [2.05, 4.69) is 26.5 Å². The van der Waals surface area contributed by atoms with Gasteiger partial charge in [0.05, 0.1) is 0 Å². The van der Waals surface area contributed by atoms with E-state index in [0.29, 0.717) is 27.7 Å². The third-order valence-corrected chi connectivity index (χ3v) is 4.74. The standard InChI is InChI=1S/C6H14Ge.C2H6NS/c1-3-5-7-6-4-2;3-1-2-4/h3-6H2,1-2H3;3-4H,1-2H2/q;-1/p-1. The van der Waals surface area contributed by atoms with Crippen LogP contribution in [-0.4, -0.2) is 27.7 Å². The summed E-state index contributed by atoms with van der Waals surface area (Å²) in [6, 6.07) is 0. The second-order valence-electron chi connectivity index (χ2n) is 2.20. The Kier molecular flexibility index (Phi) is 22.3. The first kappa shape index (κ1) is 14.4. The molecule has 0 rings (SSSR count). The zero-order valence-corrected chi connectivity index (χ0v) is 10.6. The van der Waals surface area contributed by atoms with Gasteiger partial charge < -0.3 is 18.4 Å². The molecule has 0 aromatic heterocycles. The van der Waals surface area contributed by atoms with E-state index in [0.717, 1.165) is 0 Å². The van der Waals surface area contributed by atoms with Crippen LogP contribution in [0.2, 0.25) is 10.5 Å². The fourth-order valence-corrected chi connectivity index (χ4v) is 2.49. The summed E-state index contributed by atoms with van der Waals surface area (Å²) >= 11 is 4.88. The Balaban J connectivity index is 0. The molecule has 1 nitrogen and oxygen atoms in total. The van der Waals surface area contributed by atoms with E-state index >= 15 is 0 Å². The minimum atomic E-state index is 0.384. The first-order valence-electron chi connectivity index (χ1n) is 4.26. The molecule has 0 heterocycles. The Labute approximate surface area is 83.4 Å². The molecule has 11 heavy (non-hydrogen) atoms. The van der Waals surface area contributed by atoms with Crippen molar-refractivity contribution in [2.24, 2.45) is 0 Å². The van der Waals surface area contributed by atoms with Gasteiger partial charge in [-0.2, -0.15) is 12.3 Å². The molecule has 68 valence electrons. The molecular weight excluding hydrogens is 215 g/mol. The van der Waals surface area contributed by atoms with Crippen LogP contribution in [0.15, 0.2) is 0 Å². The van der Waals surface area contributed by atoms with Gasteiger partial charge >= 0.3 is 52.6 Å². The number of nitrogens with one attached hydrogen (secondary N) is 1. The summed E-state index contributed by atoms with van der Waals surface area (Å²) in [6.45, 7) is 4.94. The molecule has 0 spiro atoms. The monoisotopic (exact) mass is 235 g/mol. The quantitative estimate of drug-likeness (QED) is 0.407. The number of rotatable bonds is 5. The van der Waals surface area contributed by atoms with Crippen LogP contribution in [0.4, 0.5) is 0 Å². The third-order valence-electron chi connectivity index (χ3n) is 0.956. The van der Waals surface area contributed by atoms with Gasteiger partial charge in [0.25, 0.3) is 0 Å². The molecule has 0 aromatic carbocycles. The Morgan fingerprint density at radius 1 is 1.18 bits per heavy atom. The molecule has 1 N–H and O–H groups in total. The van der Waals surface area contributed by atoms with E-state index in [1.807, 2.05) is 0 Å². The van der Waals surface area contributed by atoms with Gasteiger partial charge in [-0.3, -0.25) is 0 Å². The summed E-state index contributed by atoms with van der Waals surface area (Å²) in [4.78, 5) is 0. The minimum Gasteiger partial charge on any atom is -0.794 e. The zero-order valence-electron chi connectivity index (χ0n) is 7.65. The van der Waals surface area contributed by atoms with Gasteiger partial charge in [-0.1, -0.05) is 0 Å². The van der Waals surface area contributed by atoms with Gasteiger partial charge in [-0.05, 0) is 0 Å². The van der Waals surface area contributed by atoms with E-state index in [1.165, 1.54) is 12.8 Å². The summed E-state index contributed by atoms with van der Waals surface area (Å²) in [7, 11) is 0. The van der Waals surface area contributed by atoms with Crippen molar-refractivity contribution in [2.45, 2.75) is 37.2 Å². The summed E-state index contributed by atoms with van der Waals surface area (Å²) in [6.07, 6.45) is 2.83. The molecule has 0 amide bonds. The van der Waals surface area contributed by atoms with Crippen LogP contribution in [-0.2, 0) is 12.6 Å². The zero-order chi connectivity index (χ0) is 8.95. The van der Waals surface area contributed by atoms with Crippen LogP contribution in [0.5, 0.6) is 0 Å². The molecule has 0 aliphatic rings. The molecule has 0 saturated carbocycles. The van der Waals surface area contributed by atoms with Crippen molar-refractivity contribution in [2.75, 3.05) is 12.3 Å². The van der Waals surface area contributed by atoms with Crippen molar-refractivity contribution in [3.05, 3.63) is 5.73 Å². The Hall–Kier alpha value is 0.853. The van der Waals surface area contributed by atoms with Crippen molar-refractivity contribution >= 4 is 28.1 Å². The van der Waals surface area contributed by atoms with Crippen LogP contribution >= 0.6 is 0 Å². The molecule has 0 saturated heterocycles. The van der Waals surface area contributed by atoms with E-state index < -0.39 is 0 Å². The molecule has 0 bridgehead atoms. The molecule has 0 unspecified atom stereocenters. The molecule has 0 aromatic rings. The largest absolute Gasteiger partial charge is 0.794 e. The molecule has 0 fully saturated rings. The number of hydrogen-bond acceptors (Lipinski definition) is 1. The van der Waals surface area contributed by atoms with Crippen molar-refractivity contribution in [3.8, 4) is 0 Å². The third kappa shape index (κ3) is 24.8. The van der Waals surface area contributed by atoms with Gasteiger partial charge in [0.1, 0.15) is 0 Å². The Bertz CT molecular complexity index is 47.4. The Morgan fingerprint density at radius 2 is 1.55 bits per heavy atom. The topological polar surface area (TPSA) is 23.8 Å². The molecule has 0 aliphatic carbocycles. The average molecular weight is 234 g/mol. The second-order valence-corrected chi connectivity index (χ2v) is 5.76. The smallest absolute Gasteiger partial charge is 0.174 e. The van der Waals surface area contributed by atoms with E-state index in [-0.39, 0.29) is 0 Å². The van der Waals surface area contributed by atoms with Crippen molar-refractivity contribution in [1.29, 1.82) is 0 Å². The van der Waals surface area contributed by atoms with Gasteiger partial charge in [-0.25, -0.2) is 0 Å². The van der Waals surface area contributed by atoms with Gasteiger partial charge in [-0.15, -0.1) is 0 Å². The maximum absolute atomic E-state index is 6.35. The van der Waals surface area contributed by atoms with Gasteiger partial charge in [0, 0.05) is 0 Å². The van der Waals surface area contributed by atoms with Crippen LogP contribution < -0.4 is 0 Å². The average Bonchev–Trinajstić information content (AvgIpc) is 2.06. The summed E-state index contributed by atoms with van der Waals surface area (Å²) in [5.41, 5.74) is 6.35. The van der Waals surface area contributed by atoms with Crippen molar-refractivity contribution < 1.29 is 0 Å². The molecule has 3 heteroatoms. The van der Waals surface area contributed by atoms with Gasteiger partial charge in [0.2, 0.25) is 0 Å². The predicted octanol–water partition coefficient (Wildman–Crippen LogP) is 2.93. The van der Waals surface area contributed by atoms with Gasteiger partial charge in [0.15, 0.2) is 0 Å². The van der Waals surface area contributed by atoms with Crippen LogP contribution in [0.25, 0.3) is 5.73 Å². The fourth-order valence-electron chi connectivity index (χ4n) is 0.479. The predicted molar refractivity (Wildman–Crippen MR) is 57.4 cm³/mol. The summed E-state index contributed by atoms with van der Waals surface area (Å²) in [5, 5.41) is 3.10. The first-order valence-corrected chi connectivity index (χ1v) is 7.81. The van der Waals surface area contributed by atoms with Crippen molar-refractivity contribution in [3.63, 3.8) is 0 Å². The number of hydrogen-bond donors (Lipinski definition) is 0. The van der Waals surface area contributed by atoms with E-state index in [1.54, 1.807) is 10.5 Å². The molecular formula is C8H19GeNS-2. The summed E-state index contributed by atoms with van der Waals surface area (Å²) in [5.74, 6) is 0.569. The normalized spacial score (nSPS) is 8.73. The van der Waals surface area contributed by atoms with E-state index in [9.17, 15) is 0 Å². The molecule has 0 aliphatic heterocycles. The fraction of sp³-hybridized carbons (Fsp3) is 1.00. The minimum absolute atomic E-state index is 0.384. The van der Waals surface area contributed by atoms with Crippen molar-refractivity contribution in [1.82, 2.24) is 0 Å². The maximum Gasteiger partial charge on any atom is -0.174 e. The molecule has 0 atom stereocenters. The van der Waals surface area contributed by atoms with Crippen LogP contribution in [0, 0.1) is 0 Å². The van der Waals surface area contributed by atoms with E-state index in [4.69, 9.17) is 5.73 Å². The van der Waals surface area contributed by atoms with Crippen LogP contribution in [0.1, 0.15) is 26.7 Å². The first-order chi connectivity index (χ1) is 5.33. The Morgan fingerprint density at radius 3 is 1.73 bits per heavy atom. The van der Waals surface area contributed by atoms with Crippen LogP contribution in [0.3, 0.4) is 0 Å².